The smallest absolute Gasteiger partial charge is 0.387 e. The molecule has 1 N–H and O–H groups in total. The zero-order valence-electron chi connectivity index (χ0n) is 17.6. The number of guanidine groups is 1. The maximum absolute atomic E-state index is 12.3. The van der Waals surface area contributed by atoms with Gasteiger partial charge in [0.05, 0.1) is 5.69 Å². The van der Waals surface area contributed by atoms with Crippen LogP contribution in [0.5, 0.6) is 5.75 Å². The van der Waals surface area contributed by atoms with Crippen LogP contribution in [0.1, 0.15) is 29.4 Å². The summed E-state index contributed by atoms with van der Waals surface area (Å²) in [4.78, 5) is 6.73. The van der Waals surface area contributed by atoms with Crippen molar-refractivity contribution in [1.29, 1.82) is 0 Å². The fourth-order valence-electron chi connectivity index (χ4n) is 3.05. The average molecular weight is 521 g/mol. The van der Waals surface area contributed by atoms with Crippen LogP contribution in [-0.4, -0.2) is 47.4 Å². The summed E-state index contributed by atoms with van der Waals surface area (Å²) >= 11 is 0. The molecule has 9 heteroatoms. The molecule has 2 aromatic rings. The van der Waals surface area contributed by atoms with Crippen molar-refractivity contribution in [3.8, 4) is 5.75 Å². The Kier molecular flexibility index (Phi) is 10.3. The van der Waals surface area contributed by atoms with Crippen LogP contribution in [0.25, 0.3) is 0 Å². The number of nitrogens with one attached hydrogen (secondary N) is 1. The van der Waals surface area contributed by atoms with E-state index in [1.54, 1.807) is 24.3 Å². The third kappa shape index (κ3) is 7.45. The van der Waals surface area contributed by atoms with Gasteiger partial charge in [0, 0.05) is 39.4 Å². The van der Waals surface area contributed by atoms with Gasteiger partial charge in [-0.2, -0.15) is 13.9 Å². The number of alkyl halides is 2. The van der Waals surface area contributed by atoms with E-state index in [1.807, 2.05) is 37.5 Å². The largest absolute Gasteiger partial charge is 0.435 e. The molecule has 0 aliphatic rings. The number of aliphatic imine (C=N–C) groups is 1. The molecule has 0 unspecified atom stereocenters. The van der Waals surface area contributed by atoms with Gasteiger partial charge < -0.3 is 15.0 Å². The highest BCUT2D eigenvalue weighted by Gasteiger charge is 2.11. The lowest BCUT2D eigenvalue weighted by Gasteiger charge is -2.22. The van der Waals surface area contributed by atoms with Crippen molar-refractivity contribution >= 4 is 29.9 Å². The molecule has 29 heavy (non-hydrogen) atoms. The Hall–Kier alpha value is -1.91. The molecule has 0 spiro atoms. The van der Waals surface area contributed by atoms with Gasteiger partial charge in [-0.05, 0) is 50.5 Å². The minimum absolute atomic E-state index is 0. The molecule has 0 saturated carbocycles. The second kappa shape index (κ2) is 11.9. The van der Waals surface area contributed by atoms with E-state index >= 15 is 0 Å². The number of nitrogens with zero attached hydrogens (tertiary/aromatic N) is 4. The highest BCUT2D eigenvalue weighted by atomic mass is 127. The van der Waals surface area contributed by atoms with E-state index in [0.29, 0.717) is 13.1 Å². The molecule has 1 heterocycles. The maximum Gasteiger partial charge on any atom is 0.387 e. The van der Waals surface area contributed by atoms with Crippen LogP contribution in [-0.2, 0) is 20.0 Å². The van der Waals surface area contributed by atoms with Crippen molar-refractivity contribution in [2.75, 3.05) is 20.1 Å². The summed E-state index contributed by atoms with van der Waals surface area (Å²) in [6, 6.07) is 6.65. The van der Waals surface area contributed by atoms with E-state index in [1.165, 1.54) is 5.56 Å². The summed E-state index contributed by atoms with van der Waals surface area (Å²) < 4.78 is 30.8. The van der Waals surface area contributed by atoms with Gasteiger partial charge in [0.25, 0.3) is 0 Å². The molecule has 162 valence electrons. The SMILES string of the molecule is CCNC(=NCCc1c(C)nn(C)c1C)N(C)Cc1ccc(OC(F)F)cc1.I. The van der Waals surface area contributed by atoms with Crippen LogP contribution in [0.3, 0.4) is 0 Å². The first kappa shape index (κ1) is 25.1. The summed E-state index contributed by atoms with van der Waals surface area (Å²) in [5, 5.41) is 7.74. The Morgan fingerprint density at radius 1 is 1.28 bits per heavy atom. The van der Waals surface area contributed by atoms with E-state index < -0.39 is 6.61 Å². The molecule has 0 saturated heterocycles. The summed E-state index contributed by atoms with van der Waals surface area (Å²) in [6.07, 6.45) is 0.827. The van der Waals surface area contributed by atoms with E-state index in [-0.39, 0.29) is 29.7 Å². The minimum atomic E-state index is -2.81. The van der Waals surface area contributed by atoms with Crippen molar-refractivity contribution in [3.05, 3.63) is 46.8 Å². The van der Waals surface area contributed by atoms with E-state index in [2.05, 4.69) is 22.1 Å². The van der Waals surface area contributed by atoms with Crippen molar-refractivity contribution in [3.63, 3.8) is 0 Å². The quantitative estimate of drug-likeness (QED) is 0.326. The first-order valence-electron chi connectivity index (χ1n) is 9.34. The predicted molar refractivity (Wildman–Crippen MR) is 122 cm³/mol. The van der Waals surface area contributed by atoms with Crippen molar-refractivity contribution in [1.82, 2.24) is 20.0 Å². The fraction of sp³-hybridized carbons (Fsp3) is 0.500. The highest BCUT2D eigenvalue weighted by Crippen LogP contribution is 2.16. The zero-order chi connectivity index (χ0) is 20.7. The summed E-state index contributed by atoms with van der Waals surface area (Å²) in [5.41, 5.74) is 4.42. The zero-order valence-corrected chi connectivity index (χ0v) is 19.9. The molecule has 0 radical (unpaired) electrons. The van der Waals surface area contributed by atoms with Crippen molar-refractivity contribution in [2.24, 2.45) is 12.0 Å². The first-order valence-corrected chi connectivity index (χ1v) is 9.34. The Morgan fingerprint density at radius 3 is 2.45 bits per heavy atom. The summed E-state index contributed by atoms with van der Waals surface area (Å²) in [5.74, 6) is 0.957. The van der Waals surface area contributed by atoms with E-state index in [9.17, 15) is 8.78 Å². The molecule has 0 aliphatic carbocycles. The molecule has 1 aromatic carbocycles. The van der Waals surface area contributed by atoms with Gasteiger partial charge in [-0.3, -0.25) is 9.67 Å². The highest BCUT2D eigenvalue weighted by molar-refractivity contribution is 14.0. The fourth-order valence-corrected chi connectivity index (χ4v) is 3.05. The van der Waals surface area contributed by atoms with Gasteiger partial charge in [-0.15, -0.1) is 24.0 Å². The Bertz CT molecular complexity index is 793. The standard InChI is InChI=1S/C20H29F2N5O.HI/c1-6-23-20(24-12-11-18-14(2)25-27(5)15(18)3)26(4)13-16-7-9-17(10-8-16)28-19(21)22;/h7-10,19H,6,11-13H2,1-5H3,(H,23,24);1H. The second-order valence-corrected chi connectivity index (χ2v) is 6.64. The molecule has 0 atom stereocenters. The molecular formula is C20H30F2IN5O. The number of aromatic nitrogens is 2. The van der Waals surface area contributed by atoms with Crippen LogP contribution in [0, 0.1) is 13.8 Å². The number of ether oxygens (including phenoxy) is 1. The molecule has 0 aliphatic heterocycles. The van der Waals surface area contributed by atoms with Crippen molar-refractivity contribution in [2.45, 2.75) is 40.3 Å². The third-order valence-corrected chi connectivity index (χ3v) is 4.55. The van der Waals surface area contributed by atoms with E-state index in [0.717, 1.165) is 35.9 Å². The van der Waals surface area contributed by atoms with Gasteiger partial charge >= 0.3 is 6.61 Å². The lowest BCUT2D eigenvalue weighted by Crippen LogP contribution is -2.38. The average Bonchev–Trinajstić information content (AvgIpc) is 2.88. The van der Waals surface area contributed by atoms with Crippen LogP contribution in [0.15, 0.2) is 29.3 Å². The van der Waals surface area contributed by atoms with Crippen LogP contribution < -0.4 is 10.1 Å². The van der Waals surface area contributed by atoms with Gasteiger partial charge in [0.1, 0.15) is 5.75 Å². The molecule has 0 fully saturated rings. The molecular weight excluding hydrogens is 491 g/mol. The molecule has 6 nitrogen and oxygen atoms in total. The third-order valence-electron chi connectivity index (χ3n) is 4.55. The first-order chi connectivity index (χ1) is 13.3. The van der Waals surface area contributed by atoms with E-state index in [4.69, 9.17) is 4.99 Å². The Labute approximate surface area is 188 Å². The molecule has 1 aromatic heterocycles. The van der Waals surface area contributed by atoms with Crippen LogP contribution >= 0.6 is 24.0 Å². The summed E-state index contributed by atoms with van der Waals surface area (Å²) in [7, 11) is 3.90. The minimum Gasteiger partial charge on any atom is -0.435 e. The number of aryl methyl sites for hydroxylation is 2. The van der Waals surface area contributed by atoms with Gasteiger partial charge in [-0.25, -0.2) is 0 Å². The normalized spacial score (nSPS) is 11.4. The lowest BCUT2D eigenvalue weighted by molar-refractivity contribution is -0.0498. The van der Waals surface area contributed by atoms with Crippen molar-refractivity contribution < 1.29 is 13.5 Å². The monoisotopic (exact) mass is 521 g/mol. The number of halogens is 3. The van der Waals surface area contributed by atoms with Gasteiger partial charge in [-0.1, -0.05) is 12.1 Å². The second-order valence-electron chi connectivity index (χ2n) is 6.64. The number of hydrogen-bond acceptors (Lipinski definition) is 3. The van der Waals surface area contributed by atoms with Crippen LogP contribution in [0.2, 0.25) is 0 Å². The Morgan fingerprint density at radius 2 is 1.93 bits per heavy atom. The number of hydrogen-bond donors (Lipinski definition) is 1. The van der Waals surface area contributed by atoms with Gasteiger partial charge in [0.15, 0.2) is 5.96 Å². The van der Waals surface area contributed by atoms with Gasteiger partial charge in [0.2, 0.25) is 0 Å². The predicted octanol–water partition coefficient (Wildman–Crippen LogP) is 3.90. The van der Waals surface area contributed by atoms with Crippen LogP contribution in [0.4, 0.5) is 8.78 Å². The maximum atomic E-state index is 12.3. The lowest BCUT2D eigenvalue weighted by atomic mass is 10.1. The topological polar surface area (TPSA) is 54.7 Å². The molecule has 0 bridgehead atoms. The Balaban J connectivity index is 0.00000420. The molecule has 2 rings (SSSR count). The number of benzene rings is 1. The number of rotatable bonds is 8. The summed E-state index contributed by atoms with van der Waals surface area (Å²) in [6.45, 7) is 5.31. The molecule has 0 amide bonds.